The lowest BCUT2D eigenvalue weighted by molar-refractivity contribution is -0.158. The molecule has 1 aromatic carbocycles. The number of halogens is 7. The minimum absolute atomic E-state index is 0.224. The van der Waals surface area contributed by atoms with Crippen LogP contribution in [0.15, 0.2) is 18.2 Å². The van der Waals surface area contributed by atoms with Gasteiger partial charge in [-0.3, -0.25) is 0 Å². The van der Waals surface area contributed by atoms with Crippen LogP contribution in [0.2, 0.25) is 0 Å². The van der Waals surface area contributed by atoms with Crippen LogP contribution in [0.3, 0.4) is 0 Å². The monoisotopic (exact) mass is 400 g/mol. The molecule has 1 aromatic rings. The number of alkyl halides is 6. The van der Waals surface area contributed by atoms with Crippen LogP contribution in [-0.2, 0) is 0 Å². The zero-order chi connectivity index (χ0) is 14.7. The zero-order valence-electron chi connectivity index (χ0n) is 9.11. The normalized spacial score (nSPS) is 12.4. The SMILES string of the molecule is FC(F)(F)COc1cccc(I)c1OCC(F)(F)F. The molecule has 0 aromatic heterocycles. The Kier molecular flexibility index (Phi) is 5.16. The largest absolute Gasteiger partial charge is 0.480 e. The first-order valence-electron chi connectivity index (χ1n) is 4.76. The van der Waals surface area contributed by atoms with Gasteiger partial charge in [-0.2, -0.15) is 26.3 Å². The summed E-state index contributed by atoms with van der Waals surface area (Å²) < 4.78 is 81.2. The molecular weight excluding hydrogens is 393 g/mol. The highest BCUT2D eigenvalue weighted by Gasteiger charge is 2.31. The topological polar surface area (TPSA) is 18.5 Å². The summed E-state index contributed by atoms with van der Waals surface area (Å²) in [6, 6.07) is 3.86. The number of benzene rings is 1. The summed E-state index contributed by atoms with van der Waals surface area (Å²) >= 11 is 1.64. The second kappa shape index (κ2) is 6.06. The van der Waals surface area contributed by atoms with Crippen molar-refractivity contribution in [2.75, 3.05) is 13.2 Å². The summed E-state index contributed by atoms with van der Waals surface area (Å²) in [7, 11) is 0. The van der Waals surface area contributed by atoms with E-state index in [-0.39, 0.29) is 15.1 Å². The number of hydrogen-bond acceptors (Lipinski definition) is 2. The number of rotatable bonds is 4. The van der Waals surface area contributed by atoms with Crippen LogP contribution < -0.4 is 9.47 Å². The maximum absolute atomic E-state index is 12.0. The van der Waals surface area contributed by atoms with Crippen molar-refractivity contribution < 1.29 is 35.8 Å². The van der Waals surface area contributed by atoms with Crippen LogP contribution in [0.5, 0.6) is 11.5 Å². The molecule has 0 amide bonds. The molecule has 0 radical (unpaired) electrons. The van der Waals surface area contributed by atoms with E-state index in [4.69, 9.17) is 0 Å². The van der Waals surface area contributed by atoms with E-state index in [9.17, 15) is 26.3 Å². The minimum atomic E-state index is -4.58. The molecule has 19 heavy (non-hydrogen) atoms. The van der Waals surface area contributed by atoms with E-state index in [0.29, 0.717) is 0 Å². The standard InChI is InChI=1S/C10H7F6IO2/c11-9(12,13)4-18-7-3-1-2-6(17)8(7)19-5-10(14,15)16/h1-3H,4-5H2. The molecule has 2 nitrogen and oxygen atoms in total. The van der Waals surface area contributed by atoms with E-state index in [0.717, 1.165) is 6.07 Å². The molecular formula is C10H7F6IO2. The Morgan fingerprint density at radius 1 is 0.895 bits per heavy atom. The van der Waals surface area contributed by atoms with Crippen molar-refractivity contribution in [1.82, 2.24) is 0 Å². The third-order valence-electron chi connectivity index (χ3n) is 1.70. The summed E-state index contributed by atoms with van der Waals surface area (Å²) in [6.45, 7) is -3.20. The van der Waals surface area contributed by atoms with Crippen LogP contribution >= 0.6 is 22.6 Å². The average Bonchev–Trinajstić information content (AvgIpc) is 2.22. The van der Waals surface area contributed by atoms with Gasteiger partial charge in [0.1, 0.15) is 0 Å². The predicted molar refractivity (Wildman–Crippen MR) is 62.3 cm³/mol. The van der Waals surface area contributed by atoms with Crippen molar-refractivity contribution in [3.05, 3.63) is 21.8 Å². The fraction of sp³-hybridized carbons (Fsp3) is 0.400. The van der Waals surface area contributed by atoms with Crippen molar-refractivity contribution in [1.29, 1.82) is 0 Å². The molecule has 0 bridgehead atoms. The molecule has 0 spiro atoms. The molecule has 0 N–H and O–H groups in total. The van der Waals surface area contributed by atoms with Gasteiger partial charge in [0.25, 0.3) is 0 Å². The summed E-state index contributed by atoms with van der Waals surface area (Å²) in [5, 5.41) is 0. The van der Waals surface area contributed by atoms with Gasteiger partial charge in [0.2, 0.25) is 0 Å². The first kappa shape index (κ1) is 16.2. The van der Waals surface area contributed by atoms with E-state index in [1.807, 2.05) is 0 Å². The van der Waals surface area contributed by atoms with Gasteiger partial charge in [-0.1, -0.05) is 6.07 Å². The molecule has 0 aliphatic rings. The van der Waals surface area contributed by atoms with E-state index < -0.39 is 25.6 Å². The molecule has 0 aliphatic carbocycles. The molecule has 9 heteroatoms. The first-order valence-corrected chi connectivity index (χ1v) is 5.84. The molecule has 0 saturated carbocycles. The maximum atomic E-state index is 12.0. The van der Waals surface area contributed by atoms with Crippen LogP contribution in [0.25, 0.3) is 0 Å². The third-order valence-corrected chi connectivity index (χ3v) is 2.55. The van der Waals surface area contributed by atoms with Gasteiger partial charge < -0.3 is 9.47 Å². The molecule has 1 rings (SSSR count). The highest BCUT2D eigenvalue weighted by Crippen LogP contribution is 2.34. The van der Waals surface area contributed by atoms with Gasteiger partial charge in [0.05, 0.1) is 3.57 Å². The van der Waals surface area contributed by atoms with Gasteiger partial charge in [0, 0.05) is 0 Å². The quantitative estimate of drug-likeness (QED) is 0.558. The highest BCUT2D eigenvalue weighted by atomic mass is 127. The molecule has 0 aliphatic heterocycles. The predicted octanol–water partition coefficient (Wildman–Crippen LogP) is 4.17. The summed E-state index contributed by atoms with van der Waals surface area (Å²) in [5.74, 6) is -0.738. The number of hydrogen-bond donors (Lipinski definition) is 0. The fourth-order valence-corrected chi connectivity index (χ4v) is 1.69. The van der Waals surface area contributed by atoms with Crippen molar-refractivity contribution >= 4 is 22.6 Å². The second-order valence-corrected chi connectivity index (χ2v) is 4.54. The molecule has 0 unspecified atom stereocenters. The highest BCUT2D eigenvalue weighted by molar-refractivity contribution is 14.1. The Bertz CT molecular complexity index is 429. The first-order chi connectivity index (χ1) is 8.58. The van der Waals surface area contributed by atoms with E-state index in [2.05, 4.69) is 9.47 Å². The van der Waals surface area contributed by atoms with E-state index in [1.54, 1.807) is 22.6 Å². The molecule has 0 heterocycles. The number of para-hydroxylation sites is 1. The van der Waals surface area contributed by atoms with Crippen molar-refractivity contribution in [2.24, 2.45) is 0 Å². The zero-order valence-corrected chi connectivity index (χ0v) is 11.3. The lowest BCUT2D eigenvalue weighted by atomic mass is 10.3. The summed E-state index contributed by atoms with van der Waals surface area (Å²) in [4.78, 5) is 0. The molecule has 0 atom stereocenters. The smallest absolute Gasteiger partial charge is 0.422 e. The Labute approximate surface area is 117 Å². The van der Waals surface area contributed by atoms with E-state index in [1.165, 1.54) is 12.1 Å². The molecule has 0 fully saturated rings. The Morgan fingerprint density at radius 2 is 1.42 bits per heavy atom. The minimum Gasteiger partial charge on any atom is -0.480 e. The van der Waals surface area contributed by atoms with Gasteiger partial charge in [-0.25, -0.2) is 0 Å². The van der Waals surface area contributed by atoms with Gasteiger partial charge in [-0.05, 0) is 34.7 Å². The Hall–Kier alpha value is -0.870. The molecule has 0 saturated heterocycles. The van der Waals surface area contributed by atoms with Crippen molar-refractivity contribution in [3.63, 3.8) is 0 Å². The number of ether oxygens (including phenoxy) is 2. The van der Waals surface area contributed by atoms with Crippen LogP contribution in [-0.4, -0.2) is 25.6 Å². The third kappa shape index (κ3) is 6.21. The fourth-order valence-electron chi connectivity index (χ4n) is 1.06. The Balaban J connectivity index is 2.83. The lowest BCUT2D eigenvalue weighted by Gasteiger charge is -2.16. The van der Waals surface area contributed by atoms with Crippen LogP contribution in [0, 0.1) is 3.57 Å². The summed E-state index contributed by atoms with van der Waals surface area (Å²) in [5.41, 5.74) is 0. The van der Waals surface area contributed by atoms with Gasteiger partial charge in [0.15, 0.2) is 24.7 Å². The van der Waals surface area contributed by atoms with Crippen LogP contribution in [0.1, 0.15) is 0 Å². The summed E-state index contributed by atoms with van der Waals surface area (Å²) in [6.07, 6.45) is -9.16. The van der Waals surface area contributed by atoms with Crippen molar-refractivity contribution in [2.45, 2.75) is 12.4 Å². The van der Waals surface area contributed by atoms with Gasteiger partial charge in [-0.15, -0.1) is 0 Å². The second-order valence-electron chi connectivity index (χ2n) is 3.37. The maximum Gasteiger partial charge on any atom is 0.422 e. The van der Waals surface area contributed by atoms with Crippen LogP contribution in [0.4, 0.5) is 26.3 Å². The van der Waals surface area contributed by atoms with Crippen molar-refractivity contribution in [3.8, 4) is 11.5 Å². The average molecular weight is 400 g/mol. The van der Waals surface area contributed by atoms with Gasteiger partial charge >= 0.3 is 12.4 Å². The lowest BCUT2D eigenvalue weighted by Crippen LogP contribution is -2.22. The van der Waals surface area contributed by atoms with E-state index >= 15 is 0 Å². The molecule has 108 valence electrons. The Morgan fingerprint density at radius 3 is 1.95 bits per heavy atom.